The Morgan fingerprint density at radius 3 is 1.26 bits per heavy atom. The van der Waals surface area contributed by atoms with E-state index in [1.807, 2.05) is 0 Å². The van der Waals surface area contributed by atoms with Gasteiger partial charge in [-0.2, -0.15) is 0 Å². The third-order valence-corrected chi connectivity index (χ3v) is 7.98. The number of hydrogen-bond donors (Lipinski definition) is 0. The maximum Gasteiger partial charge on any atom is 0.00891 e. The summed E-state index contributed by atoms with van der Waals surface area (Å²) < 4.78 is 0. The van der Waals surface area contributed by atoms with Crippen LogP contribution in [0.2, 0.25) is 0 Å². The number of hydrogen-bond acceptors (Lipinski definition) is 1. The first kappa shape index (κ1) is 29.0. The Labute approximate surface area is 198 Å². The van der Waals surface area contributed by atoms with Gasteiger partial charge in [-0.3, -0.25) is 0 Å². The molecule has 0 radical (unpaired) electrons. The lowest BCUT2D eigenvalue weighted by Gasteiger charge is -2.24. The Morgan fingerprint density at radius 2 is 0.871 bits per heavy atom. The fraction of sp³-hybridized carbons (Fsp3) is 1.00. The number of unbranched alkanes of at least 4 members (excludes halogenated alkanes) is 15. The minimum atomic E-state index is 0.824. The molecule has 0 aromatic heterocycles. The summed E-state index contributed by atoms with van der Waals surface area (Å²) in [5.74, 6) is 2.25. The first-order chi connectivity index (χ1) is 15.2. The smallest absolute Gasteiger partial charge is 0.00891 e. The summed E-state index contributed by atoms with van der Waals surface area (Å²) >= 11 is 0. The summed E-state index contributed by atoms with van der Waals surface area (Å²) in [7, 11) is 4.59. The van der Waals surface area contributed by atoms with Crippen molar-refractivity contribution < 1.29 is 0 Å². The SMILES string of the molecule is CCCCCCCCCC(CCCCCCCCC1CC1CCCCCCC)N(C)C. The lowest BCUT2D eigenvalue weighted by atomic mass is 9.99. The van der Waals surface area contributed by atoms with Gasteiger partial charge in [0.15, 0.2) is 0 Å². The highest BCUT2D eigenvalue weighted by molar-refractivity contribution is 4.85. The molecule has 1 fully saturated rings. The molecule has 0 aliphatic heterocycles. The Bertz CT molecular complexity index is 363. The zero-order chi connectivity index (χ0) is 22.6. The second-order valence-corrected chi connectivity index (χ2v) is 11.2. The highest BCUT2D eigenvalue weighted by Crippen LogP contribution is 2.45. The maximum atomic E-state index is 2.49. The molecule has 1 aliphatic carbocycles. The third-order valence-electron chi connectivity index (χ3n) is 7.98. The van der Waals surface area contributed by atoms with Crippen LogP contribution in [0.4, 0.5) is 0 Å². The standard InChI is InChI=1S/C30H61N/c1-5-7-9-11-12-17-21-25-30(31(3)4)26-22-18-14-13-16-20-24-29-27-28(29)23-19-15-10-8-6-2/h28-30H,5-27H2,1-4H3. The van der Waals surface area contributed by atoms with Gasteiger partial charge in [-0.25, -0.2) is 0 Å². The van der Waals surface area contributed by atoms with Gasteiger partial charge in [-0.05, 0) is 45.2 Å². The van der Waals surface area contributed by atoms with Crippen LogP contribution in [0.5, 0.6) is 0 Å². The molecule has 1 saturated carbocycles. The minimum Gasteiger partial charge on any atom is -0.306 e. The van der Waals surface area contributed by atoms with Crippen molar-refractivity contribution in [2.24, 2.45) is 11.8 Å². The van der Waals surface area contributed by atoms with Gasteiger partial charge in [0.05, 0.1) is 0 Å². The van der Waals surface area contributed by atoms with E-state index in [2.05, 4.69) is 32.8 Å². The van der Waals surface area contributed by atoms with Crippen LogP contribution >= 0.6 is 0 Å². The van der Waals surface area contributed by atoms with E-state index >= 15 is 0 Å². The van der Waals surface area contributed by atoms with Gasteiger partial charge >= 0.3 is 0 Å². The maximum absolute atomic E-state index is 2.49. The molecule has 1 aliphatic rings. The van der Waals surface area contributed by atoms with Gasteiger partial charge in [0.1, 0.15) is 0 Å². The van der Waals surface area contributed by atoms with Crippen LogP contribution in [0, 0.1) is 11.8 Å². The van der Waals surface area contributed by atoms with Crippen molar-refractivity contribution in [3.8, 4) is 0 Å². The van der Waals surface area contributed by atoms with Crippen LogP contribution < -0.4 is 0 Å². The van der Waals surface area contributed by atoms with Crippen LogP contribution in [0.1, 0.15) is 162 Å². The molecular formula is C30H61N. The molecule has 0 saturated heterocycles. The largest absolute Gasteiger partial charge is 0.306 e. The zero-order valence-corrected chi connectivity index (χ0v) is 22.4. The summed E-state index contributed by atoms with van der Waals surface area (Å²) in [6.07, 6.45) is 33.7. The lowest BCUT2D eigenvalue weighted by Crippen LogP contribution is -2.27. The van der Waals surface area contributed by atoms with Gasteiger partial charge in [0.25, 0.3) is 0 Å². The van der Waals surface area contributed by atoms with Crippen molar-refractivity contribution in [1.29, 1.82) is 0 Å². The van der Waals surface area contributed by atoms with Crippen LogP contribution in [-0.2, 0) is 0 Å². The zero-order valence-electron chi connectivity index (χ0n) is 22.4. The quantitative estimate of drug-likeness (QED) is 0.136. The van der Waals surface area contributed by atoms with E-state index in [1.54, 1.807) is 19.3 Å². The fourth-order valence-corrected chi connectivity index (χ4v) is 5.52. The summed E-state index contributed by atoms with van der Waals surface area (Å²) in [5.41, 5.74) is 0. The molecule has 0 spiro atoms. The van der Waals surface area contributed by atoms with Crippen LogP contribution in [0.15, 0.2) is 0 Å². The Balaban J connectivity index is 1.86. The van der Waals surface area contributed by atoms with Gasteiger partial charge in [-0.15, -0.1) is 0 Å². The molecule has 1 rings (SSSR count). The van der Waals surface area contributed by atoms with Gasteiger partial charge in [-0.1, -0.05) is 142 Å². The van der Waals surface area contributed by atoms with E-state index in [0.29, 0.717) is 0 Å². The third kappa shape index (κ3) is 17.1. The molecule has 186 valence electrons. The molecule has 0 aromatic carbocycles. The monoisotopic (exact) mass is 435 g/mol. The molecule has 1 heteroatoms. The molecule has 0 amide bonds. The predicted molar refractivity (Wildman–Crippen MR) is 142 cm³/mol. The van der Waals surface area contributed by atoms with E-state index in [-0.39, 0.29) is 0 Å². The Hall–Kier alpha value is -0.0400. The molecular weight excluding hydrogens is 374 g/mol. The van der Waals surface area contributed by atoms with Gasteiger partial charge in [0, 0.05) is 6.04 Å². The van der Waals surface area contributed by atoms with Crippen LogP contribution in [-0.4, -0.2) is 25.0 Å². The molecule has 0 heterocycles. The average Bonchev–Trinajstić information content (AvgIpc) is 3.51. The van der Waals surface area contributed by atoms with Crippen molar-refractivity contribution in [3.05, 3.63) is 0 Å². The summed E-state index contributed by atoms with van der Waals surface area (Å²) in [5, 5.41) is 0. The first-order valence-electron chi connectivity index (χ1n) is 14.8. The molecule has 0 N–H and O–H groups in total. The predicted octanol–water partition coefficient (Wildman–Crippen LogP) is 10.2. The topological polar surface area (TPSA) is 3.24 Å². The Morgan fingerprint density at radius 1 is 0.516 bits per heavy atom. The number of rotatable bonds is 24. The lowest BCUT2D eigenvalue weighted by molar-refractivity contribution is 0.251. The van der Waals surface area contributed by atoms with Crippen molar-refractivity contribution in [2.75, 3.05) is 14.1 Å². The number of nitrogens with zero attached hydrogens (tertiary/aromatic N) is 1. The Kier molecular flexibility index (Phi) is 19.2. The van der Waals surface area contributed by atoms with E-state index in [4.69, 9.17) is 0 Å². The molecule has 3 unspecified atom stereocenters. The van der Waals surface area contributed by atoms with Crippen LogP contribution in [0.25, 0.3) is 0 Å². The van der Waals surface area contributed by atoms with Gasteiger partial charge in [0.2, 0.25) is 0 Å². The summed E-state index contributed by atoms with van der Waals surface area (Å²) in [6, 6.07) is 0.824. The van der Waals surface area contributed by atoms with Crippen molar-refractivity contribution in [2.45, 2.75) is 168 Å². The normalized spacial score (nSPS) is 19.3. The van der Waals surface area contributed by atoms with Gasteiger partial charge < -0.3 is 4.90 Å². The van der Waals surface area contributed by atoms with E-state index in [9.17, 15) is 0 Å². The molecule has 0 aromatic rings. The van der Waals surface area contributed by atoms with E-state index < -0.39 is 0 Å². The average molecular weight is 436 g/mol. The van der Waals surface area contributed by atoms with E-state index in [1.165, 1.54) is 128 Å². The second-order valence-electron chi connectivity index (χ2n) is 11.2. The fourth-order valence-electron chi connectivity index (χ4n) is 5.52. The molecule has 0 bridgehead atoms. The highest BCUT2D eigenvalue weighted by atomic mass is 15.1. The van der Waals surface area contributed by atoms with E-state index in [0.717, 1.165) is 17.9 Å². The van der Waals surface area contributed by atoms with Crippen molar-refractivity contribution in [1.82, 2.24) is 4.90 Å². The minimum absolute atomic E-state index is 0.824. The molecule has 3 atom stereocenters. The van der Waals surface area contributed by atoms with Crippen molar-refractivity contribution in [3.63, 3.8) is 0 Å². The summed E-state index contributed by atoms with van der Waals surface area (Å²) in [6.45, 7) is 4.62. The molecule has 31 heavy (non-hydrogen) atoms. The van der Waals surface area contributed by atoms with Crippen molar-refractivity contribution >= 4 is 0 Å². The first-order valence-corrected chi connectivity index (χ1v) is 14.8. The second kappa shape index (κ2) is 20.6. The highest BCUT2D eigenvalue weighted by Gasteiger charge is 2.34. The van der Waals surface area contributed by atoms with Crippen LogP contribution in [0.3, 0.4) is 0 Å². The molecule has 1 nitrogen and oxygen atoms in total. The summed E-state index contributed by atoms with van der Waals surface area (Å²) in [4.78, 5) is 2.49.